The lowest BCUT2D eigenvalue weighted by Crippen LogP contribution is -2.10. The van der Waals surface area contributed by atoms with Gasteiger partial charge in [0, 0.05) is 15.8 Å². The molecule has 0 atom stereocenters. The smallest absolute Gasteiger partial charge is 0.115 e. The number of hydrogen-bond donors (Lipinski definition) is 0. The summed E-state index contributed by atoms with van der Waals surface area (Å²) in [7, 11) is 0. The van der Waals surface area contributed by atoms with E-state index >= 15 is 0 Å². The van der Waals surface area contributed by atoms with Gasteiger partial charge in [0.25, 0.3) is 0 Å². The average molecular weight is 431 g/mol. The van der Waals surface area contributed by atoms with Crippen LogP contribution in [0.2, 0.25) is 10.0 Å². The van der Waals surface area contributed by atoms with E-state index in [1.807, 2.05) is 24.3 Å². The summed E-state index contributed by atoms with van der Waals surface area (Å²) in [5.41, 5.74) is 5.06. The fraction of sp³-hybridized carbons (Fsp3) is 0.238. The molecule has 0 aliphatic heterocycles. The zero-order valence-electron chi connectivity index (χ0n) is 14.5. The first kappa shape index (κ1) is 18.8. The van der Waals surface area contributed by atoms with Crippen LogP contribution in [0.3, 0.4) is 0 Å². The first-order chi connectivity index (χ1) is 13.2. The summed E-state index contributed by atoms with van der Waals surface area (Å²) in [5.74, 6) is 0.586. The van der Waals surface area contributed by atoms with Gasteiger partial charge >= 0.3 is 0 Å². The maximum atomic E-state index is 9.85. The molecule has 0 bridgehead atoms. The van der Waals surface area contributed by atoms with E-state index in [0.717, 1.165) is 52.4 Å². The summed E-state index contributed by atoms with van der Waals surface area (Å²) in [6.07, 6.45) is 4.21. The number of aromatic nitrogens is 1. The maximum Gasteiger partial charge on any atom is 0.115 e. The highest BCUT2D eigenvalue weighted by Crippen LogP contribution is 2.39. The third-order valence-corrected chi connectivity index (χ3v) is 7.35. The van der Waals surface area contributed by atoms with Crippen molar-refractivity contribution in [3.63, 3.8) is 0 Å². The van der Waals surface area contributed by atoms with E-state index in [4.69, 9.17) is 28.2 Å². The summed E-state index contributed by atoms with van der Waals surface area (Å²) in [4.78, 5) is 6.10. The second-order valence-corrected chi connectivity index (χ2v) is 9.11. The Balaban J connectivity index is 1.78. The third kappa shape index (κ3) is 3.75. The minimum absolute atomic E-state index is 0.586. The molecule has 2 nitrogen and oxygen atoms in total. The zero-order valence-corrected chi connectivity index (χ0v) is 17.6. The lowest BCUT2D eigenvalue weighted by Gasteiger charge is -2.21. The molecular weight excluding hydrogens is 415 g/mol. The molecule has 0 amide bonds. The van der Waals surface area contributed by atoms with E-state index in [2.05, 4.69) is 17.5 Å². The van der Waals surface area contributed by atoms with Gasteiger partial charge in [0.15, 0.2) is 0 Å². The summed E-state index contributed by atoms with van der Waals surface area (Å²) in [6.45, 7) is 0. The van der Waals surface area contributed by atoms with Gasteiger partial charge in [0.05, 0.1) is 16.1 Å². The summed E-state index contributed by atoms with van der Waals surface area (Å²) in [6, 6.07) is 12.1. The Morgan fingerprint density at radius 1 is 1.07 bits per heavy atom. The molecule has 27 heavy (non-hydrogen) atoms. The number of thiophene rings is 1. The van der Waals surface area contributed by atoms with Crippen molar-refractivity contribution in [1.29, 1.82) is 5.26 Å². The Morgan fingerprint density at radius 3 is 2.48 bits per heavy atom. The van der Waals surface area contributed by atoms with Gasteiger partial charge in [0.1, 0.15) is 11.1 Å². The van der Waals surface area contributed by atoms with Crippen LogP contribution >= 0.6 is 46.3 Å². The fourth-order valence-corrected chi connectivity index (χ4v) is 5.94. The maximum absolute atomic E-state index is 9.85. The van der Waals surface area contributed by atoms with E-state index in [1.165, 1.54) is 22.9 Å². The lowest BCUT2D eigenvalue weighted by molar-refractivity contribution is 0.678. The molecule has 1 aliphatic rings. The van der Waals surface area contributed by atoms with E-state index in [1.54, 1.807) is 11.3 Å². The highest BCUT2D eigenvalue weighted by atomic mass is 35.5. The first-order valence-corrected chi connectivity index (χ1v) is 11.4. The molecule has 0 saturated heterocycles. The Hall–Kier alpha value is -1.51. The molecule has 0 fully saturated rings. The number of hydrogen-bond acceptors (Lipinski definition) is 4. The van der Waals surface area contributed by atoms with Crippen LogP contribution in [0, 0.1) is 11.3 Å². The number of nitrogens with zero attached hydrogens (tertiary/aromatic N) is 2. The average Bonchev–Trinajstić information content (AvgIpc) is 3.21. The Kier molecular flexibility index (Phi) is 5.75. The number of halogens is 2. The molecule has 1 aliphatic carbocycles. The summed E-state index contributed by atoms with van der Waals surface area (Å²) >= 11 is 15.9. The lowest BCUT2D eigenvalue weighted by atomic mass is 9.88. The van der Waals surface area contributed by atoms with Crippen LogP contribution in [0.4, 0.5) is 0 Å². The van der Waals surface area contributed by atoms with Crippen molar-refractivity contribution in [2.45, 2.75) is 36.5 Å². The van der Waals surface area contributed by atoms with Crippen molar-refractivity contribution >= 4 is 46.3 Å². The second kappa shape index (κ2) is 8.24. The van der Waals surface area contributed by atoms with Crippen LogP contribution in [0.15, 0.2) is 40.7 Å². The quantitative estimate of drug-likeness (QED) is 0.411. The van der Waals surface area contributed by atoms with Crippen LogP contribution in [-0.4, -0.2) is 4.98 Å². The van der Waals surface area contributed by atoms with Gasteiger partial charge in [-0.25, -0.2) is 4.98 Å². The van der Waals surface area contributed by atoms with Gasteiger partial charge in [-0.1, -0.05) is 35.3 Å². The minimum atomic E-state index is 0.586. The van der Waals surface area contributed by atoms with Gasteiger partial charge < -0.3 is 0 Å². The van der Waals surface area contributed by atoms with E-state index in [-0.39, 0.29) is 0 Å². The predicted octanol–water partition coefficient (Wildman–Crippen LogP) is 7.16. The molecule has 0 unspecified atom stereocenters. The van der Waals surface area contributed by atoms with Crippen LogP contribution in [-0.2, 0) is 18.6 Å². The van der Waals surface area contributed by atoms with Crippen molar-refractivity contribution in [2.24, 2.45) is 0 Å². The molecule has 0 N–H and O–H groups in total. The number of pyridine rings is 1. The van der Waals surface area contributed by atoms with Gasteiger partial charge in [-0.05, 0) is 66.0 Å². The van der Waals surface area contributed by atoms with Crippen molar-refractivity contribution < 1.29 is 0 Å². The third-order valence-electron chi connectivity index (χ3n) is 4.76. The van der Waals surface area contributed by atoms with Crippen LogP contribution < -0.4 is 0 Å². The second-order valence-electron chi connectivity index (χ2n) is 6.38. The van der Waals surface area contributed by atoms with Crippen LogP contribution in [0.1, 0.15) is 35.1 Å². The summed E-state index contributed by atoms with van der Waals surface area (Å²) in [5, 5.41) is 14.0. The van der Waals surface area contributed by atoms with Crippen molar-refractivity contribution in [3.05, 3.63) is 68.0 Å². The highest BCUT2D eigenvalue weighted by molar-refractivity contribution is 7.98. The largest absolute Gasteiger partial charge is 0.239 e. The molecule has 2 heterocycles. The molecular formula is C21H16Cl2N2S2. The van der Waals surface area contributed by atoms with Gasteiger partial charge in [-0.3, -0.25) is 0 Å². The van der Waals surface area contributed by atoms with Crippen molar-refractivity contribution in [2.75, 3.05) is 0 Å². The summed E-state index contributed by atoms with van der Waals surface area (Å²) < 4.78 is 0. The Bertz CT molecular complexity index is 1000. The van der Waals surface area contributed by atoms with E-state index < -0.39 is 0 Å². The van der Waals surface area contributed by atoms with Gasteiger partial charge in [-0.2, -0.15) is 5.26 Å². The number of benzene rings is 1. The SMILES string of the molecule is N#Cc1c(SCc2c(Cl)cccc2Cl)nc(-c2cccs2)c2c1CCCC2. The molecule has 4 rings (SSSR count). The molecule has 0 saturated carbocycles. The fourth-order valence-electron chi connectivity index (χ4n) is 3.44. The van der Waals surface area contributed by atoms with Crippen LogP contribution in [0.25, 0.3) is 10.6 Å². The minimum Gasteiger partial charge on any atom is -0.239 e. The molecule has 1 aromatic carbocycles. The molecule has 2 aromatic heterocycles. The Morgan fingerprint density at radius 2 is 1.81 bits per heavy atom. The van der Waals surface area contributed by atoms with Gasteiger partial charge in [0.2, 0.25) is 0 Å². The van der Waals surface area contributed by atoms with Crippen LogP contribution in [0.5, 0.6) is 0 Å². The topological polar surface area (TPSA) is 36.7 Å². The standard InChI is InChI=1S/C21H16Cl2N2S2/c22-17-7-3-8-18(23)16(17)12-27-21-15(11-24)13-5-1-2-6-14(13)20(25-21)19-9-4-10-26-19/h3-4,7-10H,1-2,5-6,12H2. The van der Waals surface area contributed by atoms with E-state index in [0.29, 0.717) is 15.8 Å². The molecule has 6 heteroatoms. The van der Waals surface area contributed by atoms with Gasteiger partial charge in [-0.15, -0.1) is 23.1 Å². The molecule has 0 radical (unpaired) electrons. The van der Waals surface area contributed by atoms with Crippen molar-refractivity contribution in [3.8, 4) is 16.6 Å². The number of thioether (sulfide) groups is 1. The monoisotopic (exact) mass is 430 g/mol. The number of rotatable bonds is 4. The molecule has 0 spiro atoms. The van der Waals surface area contributed by atoms with E-state index in [9.17, 15) is 5.26 Å². The molecule has 136 valence electrons. The molecule has 3 aromatic rings. The zero-order chi connectivity index (χ0) is 18.8. The number of fused-ring (bicyclic) bond motifs is 1. The first-order valence-electron chi connectivity index (χ1n) is 8.74. The normalized spacial score (nSPS) is 13.2. The Labute approximate surface area is 177 Å². The predicted molar refractivity (Wildman–Crippen MR) is 115 cm³/mol. The highest BCUT2D eigenvalue weighted by Gasteiger charge is 2.23. The van der Waals surface area contributed by atoms with Crippen molar-refractivity contribution in [1.82, 2.24) is 4.98 Å². The number of nitriles is 1.